The molecule has 0 heterocycles. The van der Waals surface area contributed by atoms with Crippen LogP contribution in [0.2, 0.25) is 5.02 Å². The average molecular weight is 408 g/mol. The number of hydrogen-bond acceptors (Lipinski definition) is 5. The molecule has 0 radical (unpaired) electrons. The number of halogens is 1. The van der Waals surface area contributed by atoms with Gasteiger partial charge in [0.05, 0.1) is 5.02 Å². The van der Waals surface area contributed by atoms with Gasteiger partial charge >= 0.3 is 5.97 Å². The fraction of sp³-hybridized carbons (Fsp3) is 0.300. The van der Waals surface area contributed by atoms with E-state index in [0.29, 0.717) is 22.8 Å². The predicted octanol–water partition coefficient (Wildman–Crippen LogP) is 3.81. The van der Waals surface area contributed by atoms with Gasteiger partial charge in [0, 0.05) is 5.56 Å². The zero-order valence-corrected chi connectivity index (χ0v) is 16.6. The molecule has 0 bridgehead atoms. The first-order valence-corrected chi connectivity index (χ1v) is 10.3. The third-order valence-electron chi connectivity index (χ3n) is 3.66. The van der Waals surface area contributed by atoms with Gasteiger partial charge in [0.1, 0.15) is 25.0 Å². The topological polar surface area (TPSA) is 64.6 Å². The average Bonchev–Trinajstić information content (AvgIpc) is 2.70. The minimum atomic E-state index is -0.703. The highest BCUT2D eigenvalue weighted by Gasteiger charge is 2.22. The molecule has 2 rings (SSSR count). The van der Waals surface area contributed by atoms with Crippen molar-refractivity contribution in [3.8, 4) is 5.75 Å². The summed E-state index contributed by atoms with van der Waals surface area (Å²) in [5.74, 6) is 0.485. The summed E-state index contributed by atoms with van der Waals surface area (Å²) < 4.78 is 10.8. The fourth-order valence-corrected chi connectivity index (χ4v) is 2.93. The summed E-state index contributed by atoms with van der Waals surface area (Å²) in [5.41, 5.74) is 0.501. The molecule has 1 unspecified atom stereocenters. The summed E-state index contributed by atoms with van der Waals surface area (Å²) in [4.78, 5) is 24.7. The summed E-state index contributed by atoms with van der Waals surface area (Å²) in [5, 5.41) is 3.24. The lowest BCUT2D eigenvalue weighted by Gasteiger charge is -2.17. The van der Waals surface area contributed by atoms with E-state index in [-0.39, 0.29) is 19.1 Å². The molecule has 1 amide bonds. The molecule has 0 aliphatic carbocycles. The SMILES string of the molecule is CSCCC(NC(=O)c1ccccc1)C(=O)OCCOc1ccccc1Cl. The van der Waals surface area contributed by atoms with Gasteiger partial charge in [0.2, 0.25) is 0 Å². The van der Waals surface area contributed by atoms with Crippen molar-refractivity contribution in [2.24, 2.45) is 0 Å². The first-order valence-electron chi connectivity index (χ1n) is 8.50. The van der Waals surface area contributed by atoms with Crippen molar-refractivity contribution in [3.05, 3.63) is 65.2 Å². The van der Waals surface area contributed by atoms with Crippen molar-refractivity contribution < 1.29 is 19.1 Å². The smallest absolute Gasteiger partial charge is 0.328 e. The van der Waals surface area contributed by atoms with Crippen molar-refractivity contribution in [1.29, 1.82) is 0 Å². The second kappa shape index (κ2) is 11.5. The van der Waals surface area contributed by atoms with E-state index in [0.717, 1.165) is 5.75 Å². The molecule has 1 atom stereocenters. The molecule has 0 aromatic heterocycles. The quantitative estimate of drug-likeness (QED) is 0.479. The lowest BCUT2D eigenvalue weighted by molar-refractivity contribution is -0.146. The number of nitrogens with one attached hydrogen (secondary N) is 1. The molecule has 5 nitrogen and oxygen atoms in total. The Kier molecular flexibility index (Phi) is 9.01. The van der Waals surface area contributed by atoms with E-state index >= 15 is 0 Å². The van der Waals surface area contributed by atoms with Crippen molar-refractivity contribution in [2.75, 3.05) is 25.2 Å². The number of thioether (sulfide) groups is 1. The number of amides is 1. The maximum absolute atomic E-state index is 12.4. The maximum Gasteiger partial charge on any atom is 0.328 e. The highest BCUT2D eigenvalue weighted by atomic mass is 35.5. The zero-order valence-electron chi connectivity index (χ0n) is 15.0. The van der Waals surface area contributed by atoms with E-state index in [1.54, 1.807) is 54.2 Å². The van der Waals surface area contributed by atoms with Gasteiger partial charge in [-0.2, -0.15) is 11.8 Å². The van der Waals surface area contributed by atoms with Crippen molar-refractivity contribution in [1.82, 2.24) is 5.32 Å². The second-order valence-corrected chi connectivity index (χ2v) is 7.01. The maximum atomic E-state index is 12.4. The van der Waals surface area contributed by atoms with Crippen LogP contribution < -0.4 is 10.1 Å². The van der Waals surface area contributed by atoms with Crippen molar-refractivity contribution >= 4 is 35.2 Å². The Bertz CT molecular complexity index is 742. The highest BCUT2D eigenvalue weighted by Crippen LogP contribution is 2.22. The third kappa shape index (κ3) is 7.15. The van der Waals surface area contributed by atoms with Crippen LogP contribution in [0.4, 0.5) is 0 Å². The Morgan fingerprint density at radius 2 is 1.78 bits per heavy atom. The zero-order chi connectivity index (χ0) is 19.5. The van der Waals surface area contributed by atoms with Crippen molar-refractivity contribution in [3.63, 3.8) is 0 Å². The third-order valence-corrected chi connectivity index (χ3v) is 4.61. The van der Waals surface area contributed by atoms with E-state index in [9.17, 15) is 9.59 Å². The lowest BCUT2D eigenvalue weighted by atomic mass is 10.1. The summed E-state index contributed by atoms with van der Waals surface area (Å²) in [7, 11) is 0. The molecule has 0 fully saturated rings. The molecule has 1 N–H and O–H groups in total. The molecule has 0 saturated heterocycles. The molecule has 0 saturated carbocycles. The number of hydrogen-bond donors (Lipinski definition) is 1. The van der Waals surface area contributed by atoms with Crippen LogP contribution in [0, 0.1) is 0 Å². The van der Waals surface area contributed by atoms with Crippen LogP contribution in [-0.4, -0.2) is 43.1 Å². The van der Waals surface area contributed by atoms with Crippen LogP contribution in [0.25, 0.3) is 0 Å². The van der Waals surface area contributed by atoms with E-state index in [1.807, 2.05) is 18.4 Å². The number of carbonyl (C=O) groups excluding carboxylic acids is 2. The van der Waals surface area contributed by atoms with Gasteiger partial charge in [-0.1, -0.05) is 41.9 Å². The lowest BCUT2D eigenvalue weighted by Crippen LogP contribution is -2.42. The summed E-state index contributed by atoms with van der Waals surface area (Å²) in [6.45, 7) is 0.248. The minimum Gasteiger partial charge on any atom is -0.488 e. The van der Waals surface area contributed by atoms with Gasteiger partial charge in [0.25, 0.3) is 5.91 Å². The Morgan fingerprint density at radius 3 is 2.48 bits per heavy atom. The summed E-state index contributed by atoms with van der Waals surface area (Å²) >= 11 is 7.61. The molecule has 144 valence electrons. The van der Waals surface area contributed by atoms with E-state index < -0.39 is 12.0 Å². The number of esters is 1. The molecule has 27 heavy (non-hydrogen) atoms. The van der Waals surface area contributed by atoms with E-state index in [1.165, 1.54) is 0 Å². The van der Waals surface area contributed by atoms with Gasteiger partial charge in [-0.25, -0.2) is 4.79 Å². The van der Waals surface area contributed by atoms with Gasteiger partial charge in [0.15, 0.2) is 0 Å². The Labute approximate surface area is 168 Å². The molecule has 0 aliphatic rings. The van der Waals surface area contributed by atoms with Crippen LogP contribution in [-0.2, 0) is 9.53 Å². The minimum absolute atomic E-state index is 0.0705. The first-order chi connectivity index (χ1) is 13.1. The second-order valence-electron chi connectivity index (χ2n) is 5.62. The van der Waals surface area contributed by atoms with Crippen LogP contribution in [0.3, 0.4) is 0 Å². The van der Waals surface area contributed by atoms with Crippen LogP contribution in [0.1, 0.15) is 16.8 Å². The normalized spacial score (nSPS) is 11.5. The first kappa shape index (κ1) is 21.1. The summed E-state index contributed by atoms with van der Waals surface area (Å²) in [6, 6.07) is 15.2. The Morgan fingerprint density at radius 1 is 1.07 bits per heavy atom. The van der Waals surface area contributed by atoms with E-state index in [4.69, 9.17) is 21.1 Å². The van der Waals surface area contributed by atoms with Crippen LogP contribution in [0.15, 0.2) is 54.6 Å². The predicted molar refractivity (Wildman–Crippen MR) is 109 cm³/mol. The number of carbonyl (C=O) groups is 2. The number of rotatable bonds is 10. The largest absolute Gasteiger partial charge is 0.488 e. The number of benzene rings is 2. The molecule has 0 spiro atoms. The number of ether oxygens (including phenoxy) is 2. The molecular formula is C20H22ClNO4S. The Hall–Kier alpha value is -2.18. The molecule has 2 aromatic rings. The van der Waals surface area contributed by atoms with Crippen molar-refractivity contribution in [2.45, 2.75) is 12.5 Å². The fourth-order valence-electron chi connectivity index (χ4n) is 2.27. The Balaban J connectivity index is 1.84. The summed E-state index contributed by atoms with van der Waals surface area (Å²) in [6.07, 6.45) is 2.43. The standard InChI is InChI=1S/C20H22ClNO4S/c1-27-14-11-17(22-19(23)15-7-3-2-4-8-15)20(24)26-13-12-25-18-10-6-5-9-16(18)21/h2-10,17H,11-14H2,1H3,(H,22,23). The highest BCUT2D eigenvalue weighted by molar-refractivity contribution is 7.98. The molecule has 0 aliphatic heterocycles. The molecule has 2 aromatic carbocycles. The molecule has 7 heteroatoms. The monoisotopic (exact) mass is 407 g/mol. The van der Waals surface area contributed by atoms with Gasteiger partial charge in [-0.05, 0) is 42.7 Å². The van der Waals surface area contributed by atoms with Crippen LogP contribution in [0.5, 0.6) is 5.75 Å². The molecular weight excluding hydrogens is 386 g/mol. The van der Waals surface area contributed by atoms with Gasteiger partial charge < -0.3 is 14.8 Å². The van der Waals surface area contributed by atoms with Gasteiger partial charge in [-0.15, -0.1) is 0 Å². The van der Waals surface area contributed by atoms with Gasteiger partial charge in [-0.3, -0.25) is 4.79 Å². The van der Waals surface area contributed by atoms with E-state index in [2.05, 4.69) is 5.32 Å². The van der Waals surface area contributed by atoms with Crippen LogP contribution >= 0.6 is 23.4 Å². The number of para-hydroxylation sites is 1.